The molecule has 4 nitrogen and oxygen atoms in total. The number of nitrogens with two attached hydrogens (primary N) is 1. The van der Waals surface area contributed by atoms with E-state index in [0.717, 1.165) is 12.8 Å². The highest BCUT2D eigenvalue weighted by atomic mass is 32.2. The zero-order chi connectivity index (χ0) is 12.9. The highest BCUT2D eigenvalue weighted by molar-refractivity contribution is 7.91. The minimum absolute atomic E-state index is 0.185. The van der Waals surface area contributed by atoms with E-state index < -0.39 is 9.84 Å². The van der Waals surface area contributed by atoms with Crippen LogP contribution >= 0.6 is 0 Å². The van der Waals surface area contributed by atoms with Gasteiger partial charge in [0, 0.05) is 30.7 Å². The molecule has 0 aliphatic carbocycles. The maximum Gasteiger partial charge on any atom is 0.151 e. The normalized spacial score (nSPS) is 13.8. The van der Waals surface area contributed by atoms with Gasteiger partial charge in [0.25, 0.3) is 0 Å². The number of hydrogen-bond donors (Lipinski definition) is 1. The second-order valence-corrected chi connectivity index (χ2v) is 6.84. The van der Waals surface area contributed by atoms with E-state index in [-0.39, 0.29) is 17.5 Å². The summed E-state index contributed by atoms with van der Waals surface area (Å²) in [5.74, 6) is 0.416. The number of aryl methyl sites for hydroxylation is 1. The zero-order valence-corrected chi connectivity index (χ0v) is 11.4. The lowest BCUT2D eigenvalue weighted by Gasteiger charge is -2.06. The first-order chi connectivity index (χ1) is 7.96. The van der Waals surface area contributed by atoms with E-state index in [9.17, 15) is 8.42 Å². The van der Waals surface area contributed by atoms with E-state index in [0.29, 0.717) is 6.54 Å². The molecule has 0 aliphatic heterocycles. The Bertz CT molecular complexity index is 437. The minimum Gasteiger partial charge on any atom is -0.353 e. The first-order valence-corrected chi connectivity index (χ1v) is 7.89. The van der Waals surface area contributed by atoms with Crippen LogP contribution in [0, 0.1) is 0 Å². The molecule has 17 heavy (non-hydrogen) atoms. The van der Waals surface area contributed by atoms with Gasteiger partial charge in [-0.15, -0.1) is 0 Å². The first-order valence-electron chi connectivity index (χ1n) is 6.07. The minimum atomic E-state index is -2.88. The Morgan fingerprint density at radius 3 is 2.71 bits per heavy atom. The summed E-state index contributed by atoms with van der Waals surface area (Å²) in [5, 5.41) is 0. The second kappa shape index (κ2) is 6.21. The molecule has 98 valence electrons. The van der Waals surface area contributed by atoms with Crippen molar-refractivity contribution in [1.29, 1.82) is 0 Å². The van der Waals surface area contributed by atoms with E-state index >= 15 is 0 Å². The van der Waals surface area contributed by atoms with Crippen LogP contribution < -0.4 is 5.73 Å². The Balaban J connectivity index is 2.52. The predicted molar refractivity (Wildman–Crippen MR) is 70.7 cm³/mol. The number of aromatic nitrogens is 1. The molecule has 1 unspecified atom stereocenters. The summed E-state index contributed by atoms with van der Waals surface area (Å²) in [6.45, 7) is 4.27. The Hall–Kier alpha value is -0.810. The van der Waals surface area contributed by atoms with Crippen LogP contribution in [-0.4, -0.2) is 30.5 Å². The third-order valence-electron chi connectivity index (χ3n) is 2.93. The Labute approximate surface area is 104 Å². The summed E-state index contributed by atoms with van der Waals surface area (Å²) in [6.07, 6.45) is 5.71. The van der Waals surface area contributed by atoms with Crippen molar-refractivity contribution >= 4 is 9.84 Å². The molecule has 0 amide bonds. The molecule has 1 aromatic rings. The largest absolute Gasteiger partial charge is 0.353 e. The average Bonchev–Trinajstić information content (AvgIpc) is 2.74. The monoisotopic (exact) mass is 258 g/mol. The molecule has 1 aromatic heterocycles. The first kappa shape index (κ1) is 14.3. The standard InChI is InChI=1S/C12H22N2O2S/c1-3-12(13)9-11-5-6-14(10-11)7-8-17(15,16)4-2/h5-6,10,12H,3-4,7-9,13H2,1-2H3. The Morgan fingerprint density at radius 2 is 2.12 bits per heavy atom. The van der Waals surface area contributed by atoms with Crippen LogP contribution in [0.15, 0.2) is 18.5 Å². The van der Waals surface area contributed by atoms with Crippen molar-refractivity contribution in [1.82, 2.24) is 4.57 Å². The highest BCUT2D eigenvalue weighted by Gasteiger charge is 2.08. The number of hydrogen-bond acceptors (Lipinski definition) is 3. The molecule has 0 aliphatic rings. The van der Waals surface area contributed by atoms with Gasteiger partial charge in [0.15, 0.2) is 9.84 Å². The molecular formula is C12H22N2O2S. The van der Waals surface area contributed by atoms with Crippen LogP contribution in [0.25, 0.3) is 0 Å². The van der Waals surface area contributed by atoms with Gasteiger partial charge >= 0.3 is 0 Å². The highest BCUT2D eigenvalue weighted by Crippen LogP contribution is 2.06. The molecule has 5 heteroatoms. The van der Waals surface area contributed by atoms with Crippen molar-refractivity contribution in [2.24, 2.45) is 5.73 Å². The second-order valence-electron chi connectivity index (χ2n) is 4.37. The van der Waals surface area contributed by atoms with E-state index in [2.05, 4.69) is 6.92 Å². The summed E-state index contributed by atoms with van der Waals surface area (Å²) >= 11 is 0. The molecule has 0 radical (unpaired) electrons. The van der Waals surface area contributed by atoms with Gasteiger partial charge in [-0.05, 0) is 24.5 Å². The lowest BCUT2D eigenvalue weighted by atomic mass is 10.1. The fourth-order valence-electron chi connectivity index (χ4n) is 1.59. The lowest BCUT2D eigenvalue weighted by molar-refractivity contribution is 0.590. The summed E-state index contributed by atoms with van der Waals surface area (Å²) in [7, 11) is -2.88. The number of sulfone groups is 1. The van der Waals surface area contributed by atoms with Gasteiger partial charge < -0.3 is 10.3 Å². The van der Waals surface area contributed by atoms with Crippen molar-refractivity contribution in [3.05, 3.63) is 24.0 Å². The topological polar surface area (TPSA) is 65.1 Å². The van der Waals surface area contributed by atoms with Crippen molar-refractivity contribution in [2.45, 2.75) is 39.3 Å². The molecule has 1 rings (SSSR count). The van der Waals surface area contributed by atoms with Gasteiger partial charge in [-0.25, -0.2) is 8.42 Å². The maximum absolute atomic E-state index is 11.4. The van der Waals surface area contributed by atoms with Crippen LogP contribution in [0.5, 0.6) is 0 Å². The van der Waals surface area contributed by atoms with E-state index in [1.165, 1.54) is 5.56 Å². The van der Waals surface area contributed by atoms with Crippen LogP contribution in [0.1, 0.15) is 25.8 Å². The molecule has 0 saturated carbocycles. The van der Waals surface area contributed by atoms with Gasteiger partial charge in [-0.3, -0.25) is 0 Å². The quantitative estimate of drug-likeness (QED) is 0.799. The fourth-order valence-corrected chi connectivity index (χ4v) is 2.36. The molecular weight excluding hydrogens is 236 g/mol. The Morgan fingerprint density at radius 1 is 1.41 bits per heavy atom. The molecule has 0 aromatic carbocycles. The van der Waals surface area contributed by atoms with Gasteiger partial charge in [-0.1, -0.05) is 13.8 Å². The van der Waals surface area contributed by atoms with Gasteiger partial charge in [0.2, 0.25) is 0 Å². The molecule has 0 fully saturated rings. The van der Waals surface area contributed by atoms with Crippen molar-refractivity contribution in [3.63, 3.8) is 0 Å². The third kappa shape index (κ3) is 4.91. The summed E-state index contributed by atoms with van der Waals surface area (Å²) in [4.78, 5) is 0. The van der Waals surface area contributed by atoms with Gasteiger partial charge in [-0.2, -0.15) is 0 Å². The number of nitrogens with zero attached hydrogens (tertiary/aromatic N) is 1. The van der Waals surface area contributed by atoms with Crippen LogP contribution in [0.2, 0.25) is 0 Å². The molecule has 0 saturated heterocycles. The summed E-state index contributed by atoms with van der Waals surface area (Å²) < 4.78 is 24.7. The van der Waals surface area contributed by atoms with Crippen LogP contribution in [0.3, 0.4) is 0 Å². The molecule has 1 atom stereocenters. The Kier molecular flexibility index (Phi) is 5.21. The van der Waals surface area contributed by atoms with Crippen LogP contribution in [-0.2, 0) is 22.8 Å². The molecule has 2 N–H and O–H groups in total. The van der Waals surface area contributed by atoms with Crippen molar-refractivity contribution in [3.8, 4) is 0 Å². The predicted octanol–water partition coefficient (Wildman–Crippen LogP) is 1.20. The van der Waals surface area contributed by atoms with Gasteiger partial charge in [0.05, 0.1) is 5.75 Å². The summed E-state index contributed by atoms with van der Waals surface area (Å²) in [5.41, 5.74) is 7.05. The van der Waals surface area contributed by atoms with E-state index in [1.807, 2.05) is 23.0 Å². The molecule has 0 bridgehead atoms. The average molecular weight is 258 g/mol. The van der Waals surface area contributed by atoms with Crippen molar-refractivity contribution in [2.75, 3.05) is 11.5 Å². The van der Waals surface area contributed by atoms with E-state index in [4.69, 9.17) is 5.73 Å². The number of rotatable bonds is 7. The molecule has 1 heterocycles. The zero-order valence-electron chi connectivity index (χ0n) is 10.6. The third-order valence-corrected chi connectivity index (χ3v) is 4.62. The van der Waals surface area contributed by atoms with Crippen molar-refractivity contribution < 1.29 is 8.42 Å². The van der Waals surface area contributed by atoms with Crippen LogP contribution in [0.4, 0.5) is 0 Å². The fraction of sp³-hybridized carbons (Fsp3) is 0.667. The SMILES string of the molecule is CCC(N)Cc1ccn(CCS(=O)(=O)CC)c1. The lowest BCUT2D eigenvalue weighted by Crippen LogP contribution is -2.21. The van der Waals surface area contributed by atoms with E-state index in [1.54, 1.807) is 6.92 Å². The smallest absolute Gasteiger partial charge is 0.151 e. The summed E-state index contributed by atoms with van der Waals surface area (Å²) in [6, 6.07) is 2.19. The maximum atomic E-state index is 11.4. The molecule has 0 spiro atoms. The van der Waals surface area contributed by atoms with Gasteiger partial charge in [0.1, 0.15) is 0 Å².